The zero-order valence-corrected chi connectivity index (χ0v) is 18.2. The van der Waals surface area contributed by atoms with Gasteiger partial charge in [-0.15, -0.1) is 11.3 Å². The Bertz CT molecular complexity index is 1190. The van der Waals surface area contributed by atoms with Crippen LogP contribution in [0, 0.1) is 19.8 Å². The van der Waals surface area contributed by atoms with Gasteiger partial charge < -0.3 is 15.2 Å². The highest BCUT2D eigenvalue weighted by molar-refractivity contribution is 7.20. The molecule has 30 heavy (non-hydrogen) atoms. The number of hydrogen-bond acceptors (Lipinski definition) is 5. The number of aromatic nitrogens is 2. The predicted octanol–water partition coefficient (Wildman–Crippen LogP) is 3.75. The molecule has 0 radical (unpaired) electrons. The molecule has 0 saturated carbocycles. The lowest BCUT2D eigenvalue weighted by atomic mass is 9.95. The van der Waals surface area contributed by atoms with E-state index in [0.29, 0.717) is 57.3 Å². The molecule has 3 heterocycles. The van der Waals surface area contributed by atoms with E-state index in [4.69, 9.17) is 11.6 Å². The number of anilines is 1. The van der Waals surface area contributed by atoms with Gasteiger partial charge in [0, 0.05) is 29.7 Å². The van der Waals surface area contributed by atoms with Gasteiger partial charge in [0.25, 0.3) is 11.5 Å². The summed E-state index contributed by atoms with van der Waals surface area (Å²) >= 11 is 7.36. The minimum atomic E-state index is -0.237. The molecule has 2 amide bonds. The summed E-state index contributed by atoms with van der Waals surface area (Å²) in [6.07, 6.45) is 2.51. The Balaban J connectivity index is 1.42. The zero-order chi connectivity index (χ0) is 21.4. The lowest BCUT2D eigenvalue weighted by molar-refractivity contribution is -0.121. The summed E-state index contributed by atoms with van der Waals surface area (Å²) in [5.41, 5.74) is 2.05. The van der Waals surface area contributed by atoms with Crippen LogP contribution in [0.5, 0.6) is 0 Å². The number of carbonyl (C=O) groups is 2. The highest BCUT2D eigenvalue weighted by Crippen LogP contribution is 2.29. The smallest absolute Gasteiger partial charge is 0.264 e. The maximum atomic E-state index is 13.0. The van der Waals surface area contributed by atoms with Crippen LogP contribution in [0.25, 0.3) is 10.2 Å². The molecule has 0 unspecified atom stereocenters. The fraction of sp³-hybridized carbons (Fsp3) is 0.333. The predicted molar refractivity (Wildman–Crippen MR) is 118 cm³/mol. The summed E-state index contributed by atoms with van der Waals surface area (Å²) in [5.74, 6) is -0.336. The molecular formula is C21H21ClN4O3S. The Kier molecular flexibility index (Phi) is 5.62. The molecule has 0 spiro atoms. The molecule has 0 bridgehead atoms. The molecule has 156 valence electrons. The third-order valence-corrected chi connectivity index (χ3v) is 7.11. The van der Waals surface area contributed by atoms with E-state index in [1.165, 1.54) is 17.7 Å². The molecule has 7 nitrogen and oxygen atoms in total. The van der Waals surface area contributed by atoms with Crippen LogP contribution in [-0.2, 0) is 4.79 Å². The van der Waals surface area contributed by atoms with Crippen molar-refractivity contribution in [3.05, 3.63) is 55.9 Å². The number of halogens is 1. The first-order chi connectivity index (χ1) is 14.3. The first kappa shape index (κ1) is 20.6. The van der Waals surface area contributed by atoms with Crippen molar-refractivity contribution >= 4 is 50.7 Å². The number of piperidine rings is 1. The minimum absolute atomic E-state index is 0.0594. The summed E-state index contributed by atoms with van der Waals surface area (Å²) in [6, 6.07) is 5.44. The van der Waals surface area contributed by atoms with E-state index in [9.17, 15) is 14.4 Å². The first-order valence-corrected chi connectivity index (χ1v) is 10.9. The second kappa shape index (κ2) is 8.20. The molecule has 1 aliphatic rings. The number of aryl methyl sites for hydroxylation is 2. The van der Waals surface area contributed by atoms with Gasteiger partial charge in [-0.25, -0.2) is 4.98 Å². The summed E-state index contributed by atoms with van der Waals surface area (Å²) in [4.78, 5) is 47.3. The van der Waals surface area contributed by atoms with Gasteiger partial charge in [-0.05, 0) is 49.9 Å². The summed E-state index contributed by atoms with van der Waals surface area (Å²) < 4.78 is 0. The van der Waals surface area contributed by atoms with Crippen molar-refractivity contribution in [1.82, 2.24) is 14.9 Å². The van der Waals surface area contributed by atoms with Gasteiger partial charge in [-0.3, -0.25) is 14.4 Å². The number of H-pyrrole nitrogens is 1. The SMILES string of the molecule is Cc1ccc(NC(=O)C2CCN(C(=O)c3sc4nc[nH]c(=O)c4c3C)CC2)cc1Cl. The normalized spacial score (nSPS) is 14.8. The third kappa shape index (κ3) is 3.85. The fourth-order valence-corrected chi connectivity index (χ4v) is 4.98. The Morgan fingerprint density at radius 3 is 2.67 bits per heavy atom. The van der Waals surface area contributed by atoms with Crippen molar-refractivity contribution in [3.63, 3.8) is 0 Å². The van der Waals surface area contributed by atoms with E-state index >= 15 is 0 Å². The van der Waals surface area contributed by atoms with E-state index in [0.717, 1.165) is 5.56 Å². The molecular weight excluding hydrogens is 424 g/mol. The Hall–Kier alpha value is -2.71. The molecule has 3 aromatic rings. The van der Waals surface area contributed by atoms with Gasteiger partial charge >= 0.3 is 0 Å². The molecule has 1 fully saturated rings. The van der Waals surface area contributed by atoms with E-state index in [1.807, 2.05) is 19.1 Å². The first-order valence-electron chi connectivity index (χ1n) is 9.68. The van der Waals surface area contributed by atoms with Crippen LogP contribution in [0.1, 0.15) is 33.6 Å². The third-order valence-electron chi connectivity index (χ3n) is 5.52. The largest absolute Gasteiger partial charge is 0.338 e. The number of thiophene rings is 1. The van der Waals surface area contributed by atoms with Gasteiger partial charge in [0.2, 0.25) is 5.91 Å². The highest BCUT2D eigenvalue weighted by Gasteiger charge is 2.30. The molecule has 0 aliphatic carbocycles. The Labute approximate surface area is 182 Å². The number of carbonyl (C=O) groups excluding carboxylic acids is 2. The maximum Gasteiger partial charge on any atom is 0.264 e. The second-order valence-corrected chi connectivity index (χ2v) is 8.89. The number of fused-ring (bicyclic) bond motifs is 1. The van der Waals surface area contributed by atoms with Crippen LogP contribution in [0.3, 0.4) is 0 Å². The Morgan fingerprint density at radius 1 is 1.27 bits per heavy atom. The van der Waals surface area contributed by atoms with Crippen molar-refractivity contribution in [2.75, 3.05) is 18.4 Å². The second-order valence-electron chi connectivity index (χ2n) is 7.49. The molecule has 0 atom stereocenters. The van der Waals surface area contributed by atoms with Crippen LogP contribution in [0.2, 0.25) is 5.02 Å². The van der Waals surface area contributed by atoms with E-state index in [1.54, 1.807) is 17.9 Å². The number of likely N-dealkylation sites (tertiary alicyclic amines) is 1. The molecule has 9 heteroatoms. The number of rotatable bonds is 3. The fourth-order valence-electron chi connectivity index (χ4n) is 3.69. The molecule has 2 N–H and O–H groups in total. The van der Waals surface area contributed by atoms with Gasteiger partial charge in [0.05, 0.1) is 16.6 Å². The van der Waals surface area contributed by atoms with Crippen molar-refractivity contribution < 1.29 is 9.59 Å². The monoisotopic (exact) mass is 444 g/mol. The quantitative estimate of drug-likeness (QED) is 0.643. The van der Waals surface area contributed by atoms with E-state index < -0.39 is 0 Å². The molecule has 1 aromatic carbocycles. The number of amides is 2. The van der Waals surface area contributed by atoms with Crippen molar-refractivity contribution in [2.24, 2.45) is 5.92 Å². The van der Waals surface area contributed by atoms with Crippen LogP contribution < -0.4 is 10.9 Å². The summed E-state index contributed by atoms with van der Waals surface area (Å²) in [5, 5.41) is 4.00. The standard InChI is InChI=1S/C21H21ClN4O3S/c1-11-3-4-14(9-15(11)22)25-18(27)13-5-7-26(8-6-13)21(29)17-12(2)16-19(28)23-10-24-20(16)30-17/h3-4,9-10,13H,5-8H2,1-2H3,(H,25,27)(H,23,24,28). The zero-order valence-electron chi connectivity index (χ0n) is 16.6. The molecule has 1 aliphatic heterocycles. The van der Waals surface area contributed by atoms with Crippen molar-refractivity contribution in [2.45, 2.75) is 26.7 Å². The highest BCUT2D eigenvalue weighted by atomic mass is 35.5. The average molecular weight is 445 g/mol. The summed E-state index contributed by atoms with van der Waals surface area (Å²) in [7, 11) is 0. The van der Waals surface area contributed by atoms with Crippen LogP contribution in [0.15, 0.2) is 29.3 Å². The van der Waals surface area contributed by atoms with Gasteiger partial charge in [-0.2, -0.15) is 0 Å². The maximum absolute atomic E-state index is 13.0. The average Bonchev–Trinajstić information content (AvgIpc) is 3.08. The van der Waals surface area contributed by atoms with E-state index in [-0.39, 0.29) is 23.3 Å². The number of hydrogen-bond donors (Lipinski definition) is 2. The number of aromatic amines is 1. The Morgan fingerprint density at radius 2 is 2.00 bits per heavy atom. The van der Waals surface area contributed by atoms with Crippen LogP contribution in [-0.4, -0.2) is 39.8 Å². The van der Waals surface area contributed by atoms with Crippen LogP contribution >= 0.6 is 22.9 Å². The summed E-state index contributed by atoms with van der Waals surface area (Å²) in [6.45, 7) is 4.66. The van der Waals surface area contributed by atoms with Gasteiger partial charge in [0.15, 0.2) is 0 Å². The van der Waals surface area contributed by atoms with Gasteiger partial charge in [-0.1, -0.05) is 17.7 Å². The van der Waals surface area contributed by atoms with Crippen molar-refractivity contribution in [3.8, 4) is 0 Å². The topological polar surface area (TPSA) is 95.2 Å². The lowest BCUT2D eigenvalue weighted by Gasteiger charge is -2.31. The minimum Gasteiger partial charge on any atom is -0.338 e. The van der Waals surface area contributed by atoms with Crippen LogP contribution in [0.4, 0.5) is 5.69 Å². The number of benzene rings is 1. The van der Waals surface area contributed by atoms with E-state index in [2.05, 4.69) is 15.3 Å². The lowest BCUT2D eigenvalue weighted by Crippen LogP contribution is -2.41. The van der Waals surface area contributed by atoms with Crippen molar-refractivity contribution in [1.29, 1.82) is 0 Å². The van der Waals surface area contributed by atoms with Gasteiger partial charge in [0.1, 0.15) is 4.83 Å². The molecule has 1 saturated heterocycles. The number of nitrogens with one attached hydrogen (secondary N) is 2. The molecule has 2 aromatic heterocycles. The molecule has 4 rings (SSSR count). The number of nitrogens with zero attached hydrogens (tertiary/aromatic N) is 2.